The van der Waals surface area contributed by atoms with Crippen LogP contribution in [0.5, 0.6) is 0 Å². The van der Waals surface area contributed by atoms with Gasteiger partial charge in [0, 0.05) is 18.4 Å². The van der Waals surface area contributed by atoms with Crippen molar-refractivity contribution in [2.75, 3.05) is 5.32 Å². The van der Waals surface area contributed by atoms with Crippen molar-refractivity contribution in [1.82, 2.24) is 9.55 Å². The lowest BCUT2D eigenvalue weighted by molar-refractivity contribution is 0.527. The molecule has 2 rings (SSSR count). The van der Waals surface area contributed by atoms with Gasteiger partial charge in [0.15, 0.2) is 0 Å². The first kappa shape index (κ1) is 13.7. The topological polar surface area (TPSA) is 29.9 Å². The van der Waals surface area contributed by atoms with Gasteiger partial charge in [-0.15, -0.1) is 0 Å². The van der Waals surface area contributed by atoms with Gasteiger partial charge in [0.2, 0.25) is 5.95 Å². The average Bonchev–Trinajstić information content (AvgIpc) is 2.69. The number of hydrogen-bond donors (Lipinski definition) is 1. The van der Waals surface area contributed by atoms with Gasteiger partial charge < -0.3 is 9.88 Å². The molecule has 0 atom stereocenters. The summed E-state index contributed by atoms with van der Waals surface area (Å²) in [7, 11) is 0. The maximum Gasteiger partial charge on any atom is 0.207 e. The van der Waals surface area contributed by atoms with Crippen LogP contribution in [0.3, 0.4) is 0 Å². The number of benzene rings is 1. The van der Waals surface area contributed by atoms with Gasteiger partial charge in [0.25, 0.3) is 0 Å². The lowest BCUT2D eigenvalue weighted by Crippen LogP contribution is -2.07. The SMILES string of the molecule is CCc1ccc(Nc2nc(C)cn2CC(C)C)cc1. The second-order valence-electron chi connectivity index (χ2n) is 5.43. The molecule has 0 aliphatic carbocycles. The predicted octanol–water partition coefficient (Wildman–Crippen LogP) is 4.15. The van der Waals surface area contributed by atoms with Crippen LogP contribution in [-0.4, -0.2) is 9.55 Å². The minimum absolute atomic E-state index is 0.608. The Kier molecular flexibility index (Phi) is 4.25. The van der Waals surface area contributed by atoms with Crippen molar-refractivity contribution >= 4 is 11.6 Å². The van der Waals surface area contributed by atoms with Crippen molar-refractivity contribution < 1.29 is 0 Å². The van der Waals surface area contributed by atoms with E-state index < -0.39 is 0 Å². The van der Waals surface area contributed by atoms with Gasteiger partial charge in [-0.2, -0.15) is 0 Å². The molecule has 0 unspecified atom stereocenters. The maximum atomic E-state index is 4.55. The van der Waals surface area contributed by atoms with E-state index in [9.17, 15) is 0 Å². The number of imidazole rings is 1. The third-order valence-electron chi connectivity index (χ3n) is 3.08. The van der Waals surface area contributed by atoms with Gasteiger partial charge in [-0.05, 0) is 37.0 Å². The van der Waals surface area contributed by atoms with Crippen LogP contribution in [-0.2, 0) is 13.0 Å². The number of aryl methyl sites for hydroxylation is 2. The van der Waals surface area contributed by atoms with Crippen LogP contribution in [0.2, 0.25) is 0 Å². The quantitative estimate of drug-likeness (QED) is 0.872. The highest BCUT2D eigenvalue weighted by molar-refractivity contribution is 5.54. The lowest BCUT2D eigenvalue weighted by Gasteiger charge is -2.12. The number of nitrogens with one attached hydrogen (secondary N) is 1. The van der Waals surface area contributed by atoms with E-state index in [1.165, 1.54) is 5.56 Å². The fourth-order valence-electron chi connectivity index (χ4n) is 2.13. The Labute approximate surface area is 115 Å². The number of hydrogen-bond acceptors (Lipinski definition) is 2. The van der Waals surface area contributed by atoms with Crippen molar-refractivity contribution in [3.05, 3.63) is 41.7 Å². The molecule has 0 saturated carbocycles. The summed E-state index contributed by atoms with van der Waals surface area (Å²) in [5, 5.41) is 3.40. The zero-order valence-electron chi connectivity index (χ0n) is 12.3. The fraction of sp³-hybridized carbons (Fsp3) is 0.438. The van der Waals surface area contributed by atoms with Crippen molar-refractivity contribution in [2.24, 2.45) is 5.92 Å². The number of rotatable bonds is 5. The predicted molar refractivity (Wildman–Crippen MR) is 80.9 cm³/mol. The maximum absolute atomic E-state index is 4.55. The Hall–Kier alpha value is -1.77. The monoisotopic (exact) mass is 257 g/mol. The van der Waals surface area contributed by atoms with E-state index in [4.69, 9.17) is 0 Å². The van der Waals surface area contributed by atoms with Crippen LogP contribution in [0.4, 0.5) is 11.6 Å². The van der Waals surface area contributed by atoms with Crippen LogP contribution in [0.25, 0.3) is 0 Å². The highest BCUT2D eigenvalue weighted by Gasteiger charge is 2.07. The summed E-state index contributed by atoms with van der Waals surface area (Å²) in [6.07, 6.45) is 3.17. The van der Waals surface area contributed by atoms with Crippen molar-refractivity contribution in [2.45, 2.75) is 40.7 Å². The summed E-state index contributed by atoms with van der Waals surface area (Å²) in [5.41, 5.74) is 3.49. The van der Waals surface area contributed by atoms with Gasteiger partial charge in [-0.25, -0.2) is 4.98 Å². The molecule has 0 radical (unpaired) electrons. The number of aromatic nitrogens is 2. The summed E-state index contributed by atoms with van der Waals surface area (Å²) in [4.78, 5) is 4.55. The molecule has 19 heavy (non-hydrogen) atoms. The Morgan fingerprint density at radius 2 is 1.89 bits per heavy atom. The molecule has 102 valence electrons. The molecule has 2 aromatic rings. The summed E-state index contributed by atoms with van der Waals surface area (Å²) in [6.45, 7) is 9.61. The molecule has 0 aliphatic rings. The second-order valence-corrected chi connectivity index (χ2v) is 5.43. The summed E-state index contributed by atoms with van der Waals surface area (Å²) >= 11 is 0. The van der Waals surface area contributed by atoms with E-state index in [-0.39, 0.29) is 0 Å². The third-order valence-corrected chi connectivity index (χ3v) is 3.08. The van der Waals surface area contributed by atoms with Crippen LogP contribution in [0.1, 0.15) is 32.0 Å². The molecule has 0 aliphatic heterocycles. The molecule has 0 bridgehead atoms. The minimum atomic E-state index is 0.608. The first-order valence-corrected chi connectivity index (χ1v) is 6.98. The van der Waals surface area contributed by atoms with Gasteiger partial charge in [-0.1, -0.05) is 32.9 Å². The molecule has 0 spiro atoms. The normalized spacial score (nSPS) is 11.0. The second kappa shape index (κ2) is 5.91. The highest BCUT2D eigenvalue weighted by atomic mass is 15.2. The van der Waals surface area contributed by atoms with E-state index in [0.29, 0.717) is 5.92 Å². The first-order valence-electron chi connectivity index (χ1n) is 6.98. The number of anilines is 2. The van der Waals surface area contributed by atoms with Gasteiger partial charge in [0.1, 0.15) is 0 Å². The third kappa shape index (κ3) is 3.60. The molecule has 3 nitrogen and oxygen atoms in total. The van der Waals surface area contributed by atoms with Gasteiger partial charge in [0.05, 0.1) is 5.69 Å². The molecule has 3 heteroatoms. The van der Waals surface area contributed by atoms with Crippen LogP contribution in [0, 0.1) is 12.8 Å². The molecule has 1 aromatic heterocycles. The van der Waals surface area contributed by atoms with Crippen LogP contribution >= 0.6 is 0 Å². The minimum Gasteiger partial charge on any atom is -0.326 e. The van der Waals surface area contributed by atoms with E-state index in [1.807, 2.05) is 6.92 Å². The molecule has 0 saturated heterocycles. The first-order chi connectivity index (χ1) is 9.08. The van der Waals surface area contributed by atoms with Crippen molar-refractivity contribution in [3.8, 4) is 0 Å². The van der Waals surface area contributed by atoms with Crippen LogP contribution in [0.15, 0.2) is 30.5 Å². The Bertz CT molecular complexity index is 523. The van der Waals surface area contributed by atoms with Gasteiger partial charge in [-0.3, -0.25) is 0 Å². The fourth-order valence-corrected chi connectivity index (χ4v) is 2.13. The molecular weight excluding hydrogens is 234 g/mol. The molecular formula is C16H23N3. The standard InChI is InChI=1S/C16H23N3/c1-5-14-6-8-15(9-7-14)18-16-17-13(4)11-19(16)10-12(2)3/h6-9,11-12H,5,10H2,1-4H3,(H,17,18). The zero-order valence-corrected chi connectivity index (χ0v) is 12.3. The number of nitrogens with zero attached hydrogens (tertiary/aromatic N) is 2. The largest absolute Gasteiger partial charge is 0.326 e. The Morgan fingerprint density at radius 1 is 1.21 bits per heavy atom. The van der Waals surface area contributed by atoms with Gasteiger partial charge >= 0.3 is 0 Å². The average molecular weight is 257 g/mol. The van der Waals surface area contributed by atoms with Crippen molar-refractivity contribution in [3.63, 3.8) is 0 Å². The van der Waals surface area contributed by atoms with Crippen LogP contribution < -0.4 is 5.32 Å². The molecule has 0 fully saturated rings. The summed E-state index contributed by atoms with van der Waals surface area (Å²) in [6, 6.07) is 8.54. The summed E-state index contributed by atoms with van der Waals surface area (Å²) in [5.74, 6) is 1.53. The van der Waals surface area contributed by atoms with E-state index in [1.54, 1.807) is 0 Å². The van der Waals surface area contributed by atoms with E-state index in [2.05, 4.69) is 66.1 Å². The molecule has 1 aromatic carbocycles. The zero-order chi connectivity index (χ0) is 13.8. The van der Waals surface area contributed by atoms with E-state index in [0.717, 1.165) is 30.3 Å². The smallest absolute Gasteiger partial charge is 0.207 e. The Balaban J connectivity index is 2.17. The highest BCUT2D eigenvalue weighted by Crippen LogP contribution is 2.18. The Morgan fingerprint density at radius 3 is 2.47 bits per heavy atom. The van der Waals surface area contributed by atoms with E-state index >= 15 is 0 Å². The lowest BCUT2D eigenvalue weighted by atomic mass is 10.1. The summed E-state index contributed by atoms with van der Waals surface area (Å²) < 4.78 is 2.19. The van der Waals surface area contributed by atoms with Crippen molar-refractivity contribution in [1.29, 1.82) is 0 Å². The molecule has 1 N–H and O–H groups in total. The molecule has 0 amide bonds. The molecule has 1 heterocycles.